The normalized spacial score (nSPS) is 11.6. The molecule has 34 heavy (non-hydrogen) atoms. The predicted molar refractivity (Wildman–Crippen MR) is 139 cm³/mol. The van der Waals surface area contributed by atoms with Gasteiger partial charge in [-0.2, -0.15) is 4.31 Å². The predicted octanol–water partition coefficient (Wildman–Crippen LogP) is 6.60. The Bertz CT molecular complexity index is 1260. The molecule has 3 aromatic carbocycles. The Balaban J connectivity index is 1.95. The van der Waals surface area contributed by atoms with Crippen molar-refractivity contribution in [1.82, 2.24) is 4.31 Å². The van der Waals surface area contributed by atoms with Crippen LogP contribution in [0.5, 0.6) is 0 Å². The van der Waals surface area contributed by atoms with Crippen molar-refractivity contribution >= 4 is 56.4 Å². The Morgan fingerprint density at radius 3 is 2.00 bits per heavy atom. The SMILES string of the molecule is CCc1cccc(CC)c1NC(=O)CN(Cc1ccc(Cl)cc1Cl)S(=O)(=O)c1ccc(Cl)cc1. The number of rotatable bonds is 9. The van der Waals surface area contributed by atoms with Crippen LogP contribution in [-0.2, 0) is 34.2 Å². The number of hydrogen-bond acceptors (Lipinski definition) is 3. The minimum atomic E-state index is -4.04. The van der Waals surface area contributed by atoms with Gasteiger partial charge in [0.2, 0.25) is 15.9 Å². The highest BCUT2D eigenvalue weighted by Gasteiger charge is 2.28. The Kier molecular flexibility index (Phi) is 9.01. The molecule has 0 aliphatic carbocycles. The first-order chi connectivity index (χ1) is 16.1. The van der Waals surface area contributed by atoms with E-state index in [1.807, 2.05) is 32.0 Å². The molecular formula is C25H25Cl3N2O3S. The number of nitrogens with one attached hydrogen (secondary N) is 1. The molecule has 3 aromatic rings. The van der Waals surface area contributed by atoms with Crippen molar-refractivity contribution in [3.63, 3.8) is 0 Å². The van der Waals surface area contributed by atoms with Crippen LogP contribution < -0.4 is 5.32 Å². The Morgan fingerprint density at radius 2 is 1.44 bits per heavy atom. The first-order valence-corrected chi connectivity index (χ1v) is 13.3. The van der Waals surface area contributed by atoms with Gasteiger partial charge in [0.15, 0.2) is 0 Å². The maximum atomic E-state index is 13.5. The zero-order valence-corrected chi connectivity index (χ0v) is 21.9. The Hall–Kier alpha value is -2.09. The molecule has 0 fully saturated rings. The van der Waals surface area contributed by atoms with Crippen molar-refractivity contribution in [3.05, 3.63) is 92.4 Å². The van der Waals surface area contributed by atoms with Gasteiger partial charge in [0, 0.05) is 27.3 Å². The topological polar surface area (TPSA) is 66.5 Å². The molecule has 0 spiro atoms. The molecule has 0 atom stereocenters. The van der Waals surface area contributed by atoms with Crippen molar-refractivity contribution in [1.29, 1.82) is 0 Å². The quantitative estimate of drug-likeness (QED) is 0.333. The molecule has 1 N–H and O–H groups in total. The van der Waals surface area contributed by atoms with Crippen LogP contribution in [-0.4, -0.2) is 25.2 Å². The minimum absolute atomic E-state index is 0.0259. The number of amides is 1. The van der Waals surface area contributed by atoms with Crippen molar-refractivity contribution in [2.75, 3.05) is 11.9 Å². The molecule has 3 rings (SSSR count). The number of para-hydroxylation sites is 1. The average molecular weight is 540 g/mol. The minimum Gasteiger partial charge on any atom is -0.324 e. The summed E-state index contributed by atoms with van der Waals surface area (Å²) >= 11 is 18.2. The van der Waals surface area contributed by atoms with Gasteiger partial charge in [0.25, 0.3) is 0 Å². The molecule has 5 nitrogen and oxygen atoms in total. The maximum absolute atomic E-state index is 13.5. The Morgan fingerprint density at radius 1 is 0.853 bits per heavy atom. The number of hydrogen-bond donors (Lipinski definition) is 1. The highest BCUT2D eigenvalue weighted by molar-refractivity contribution is 7.89. The van der Waals surface area contributed by atoms with E-state index in [4.69, 9.17) is 34.8 Å². The number of carbonyl (C=O) groups excluding carboxylic acids is 1. The van der Waals surface area contributed by atoms with E-state index in [0.29, 0.717) is 20.6 Å². The second kappa shape index (κ2) is 11.6. The summed E-state index contributed by atoms with van der Waals surface area (Å²) in [6.45, 7) is 3.50. The smallest absolute Gasteiger partial charge is 0.243 e. The molecule has 0 unspecified atom stereocenters. The third-order valence-corrected chi connectivity index (χ3v) is 8.04. The van der Waals surface area contributed by atoms with Gasteiger partial charge in [0.05, 0.1) is 11.4 Å². The lowest BCUT2D eigenvalue weighted by atomic mass is 10.0. The summed E-state index contributed by atoms with van der Waals surface area (Å²) < 4.78 is 28.1. The second-order valence-corrected chi connectivity index (χ2v) is 10.9. The summed E-state index contributed by atoms with van der Waals surface area (Å²) in [4.78, 5) is 13.2. The number of carbonyl (C=O) groups is 1. The van der Waals surface area contributed by atoms with Crippen molar-refractivity contribution in [2.24, 2.45) is 0 Å². The molecule has 0 saturated carbocycles. The van der Waals surface area contributed by atoms with E-state index >= 15 is 0 Å². The summed E-state index contributed by atoms with van der Waals surface area (Å²) in [5.74, 6) is -0.446. The fourth-order valence-corrected chi connectivity index (χ4v) is 5.53. The molecule has 0 radical (unpaired) electrons. The summed E-state index contributed by atoms with van der Waals surface area (Å²) in [5, 5.41) is 4.09. The van der Waals surface area contributed by atoms with Crippen LogP contribution >= 0.6 is 34.8 Å². The molecule has 0 saturated heterocycles. The molecule has 0 aliphatic rings. The standard InChI is InChI=1S/C25H25Cl3N2O3S/c1-3-17-6-5-7-18(4-2)25(17)29-24(31)16-30(15-19-8-9-21(27)14-23(19)28)34(32,33)22-12-10-20(26)11-13-22/h5-14H,3-4,15-16H2,1-2H3,(H,29,31). The second-order valence-electron chi connectivity index (χ2n) is 7.67. The molecule has 180 valence electrons. The summed E-state index contributed by atoms with van der Waals surface area (Å²) in [5.41, 5.74) is 3.23. The van der Waals surface area contributed by atoms with Crippen LogP contribution in [0.1, 0.15) is 30.5 Å². The van der Waals surface area contributed by atoms with Crippen LogP contribution in [0.15, 0.2) is 65.6 Å². The third-order valence-electron chi connectivity index (χ3n) is 5.40. The average Bonchev–Trinajstić information content (AvgIpc) is 2.80. The molecule has 0 heterocycles. The fraction of sp³-hybridized carbons (Fsp3) is 0.240. The molecule has 9 heteroatoms. The molecule has 0 aliphatic heterocycles. The monoisotopic (exact) mass is 538 g/mol. The van der Waals surface area contributed by atoms with Crippen LogP contribution in [0.2, 0.25) is 15.1 Å². The van der Waals surface area contributed by atoms with Gasteiger partial charge in [-0.1, -0.05) is 72.9 Å². The van der Waals surface area contributed by atoms with Gasteiger partial charge in [0.1, 0.15) is 0 Å². The molecule has 0 aromatic heterocycles. The number of benzene rings is 3. The van der Waals surface area contributed by atoms with Crippen LogP contribution in [0.3, 0.4) is 0 Å². The zero-order chi connectivity index (χ0) is 24.9. The van der Waals surface area contributed by atoms with Crippen molar-refractivity contribution < 1.29 is 13.2 Å². The van der Waals surface area contributed by atoms with Gasteiger partial charge in [-0.25, -0.2) is 8.42 Å². The van der Waals surface area contributed by atoms with E-state index in [0.717, 1.165) is 34.0 Å². The third kappa shape index (κ3) is 6.32. The van der Waals surface area contributed by atoms with E-state index < -0.39 is 22.5 Å². The first kappa shape index (κ1) is 26.5. The van der Waals surface area contributed by atoms with E-state index in [1.54, 1.807) is 12.1 Å². The number of sulfonamides is 1. The van der Waals surface area contributed by atoms with E-state index in [1.165, 1.54) is 30.3 Å². The van der Waals surface area contributed by atoms with Crippen LogP contribution in [0, 0.1) is 0 Å². The lowest BCUT2D eigenvalue weighted by Gasteiger charge is -2.23. The maximum Gasteiger partial charge on any atom is 0.243 e. The molecule has 1 amide bonds. The Labute approximate surface area is 215 Å². The first-order valence-electron chi connectivity index (χ1n) is 10.8. The zero-order valence-electron chi connectivity index (χ0n) is 18.8. The van der Waals surface area contributed by atoms with E-state index in [9.17, 15) is 13.2 Å². The number of anilines is 1. The van der Waals surface area contributed by atoms with Gasteiger partial charge < -0.3 is 5.32 Å². The largest absolute Gasteiger partial charge is 0.324 e. The van der Waals surface area contributed by atoms with Gasteiger partial charge in [-0.05, 0) is 65.9 Å². The van der Waals surface area contributed by atoms with E-state index in [-0.39, 0.29) is 11.4 Å². The van der Waals surface area contributed by atoms with Crippen LogP contribution in [0.25, 0.3) is 0 Å². The van der Waals surface area contributed by atoms with E-state index in [2.05, 4.69) is 5.32 Å². The number of aryl methyl sites for hydroxylation is 2. The number of nitrogens with zero attached hydrogens (tertiary/aromatic N) is 1. The highest BCUT2D eigenvalue weighted by Crippen LogP contribution is 2.27. The summed E-state index contributed by atoms with van der Waals surface area (Å²) in [7, 11) is -4.04. The van der Waals surface area contributed by atoms with Crippen molar-refractivity contribution in [3.8, 4) is 0 Å². The lowest BCUT2D eigenvalue weighted by molar-refractivity contribution is -0.116. The molecule has 0 bridgehead atoms. The lowest BCUT2D eigenvalue weighted by Crippen LogP contribution is -2.38. The van der Waals surface area contributed by atoms with Crippen molar-refractivity contribution in [2.45, 2.75) is 38.1 Å². The van der Waals surface area contributed by atoms with Gasteiger partial charge in [-0.15, -0.1) is 0 Å². The number of halogens is 3. The summed E-state index contributed by atoms with van der Waals surface area (Å²) in [6.07, 6.45) is 1.47. The van der Waals surface area contributed by atoms with Gasteiger partial charge >= 0.3 is 0 Å². The fourth-order valence-electron chi connectivity index (χ4n) is 3.56. The van der Waals surface area contributed by atoms with Gasteiger partial charge in [-0.3, -0.25) is 4.79 Å². The molecular weight excluding hydrogens is 515 g/mol. The van der Waals surface area contributed by atoms with Crippen LogP contribution in [0.4, 0.5) is 5.69 Å². The summed E-state index contributed by atoms with van der Waals surface area (Å²) in [6, 6.07) is 16.5. The highest BCUT2D eigenvalue weighted by atomic mass is 35.5.